The molecule has 1 aliphatic rings. The molecule has 0 bridgehead atoms. The molecule has 142 valence electrons. The van der Waals surface area contributed by atoms with Crippen LogP contribution in [0.1, 0.15) is 61.5 Å². The molecule has 8 heteroatoms. The van der Waals surface area contributed by atoms with Gasteiger partial charge in [-0.1, -0.05) is 12.8 Å². The Morgan fingerprint density at radius 1 is 1.36 bits per heavy atom. The molecule has 25 heavy (non-hydrogen) atoms. The molecule has 1 saturated heterocycles. The highest BCUT2D eigenvalue weighted by Gasteiger charge is 2.17. The van der Waals surface area contributed by atoms with Gasteiger partial charge >= 0.3 is 5.97 Å². The third-order valence-electron chi connectivity index (χ3n) is 4.31. The molecule has 0 saturated carbocycles. The molecule has 1 atom stereocenters. The van der Waals surface area contributed by atoms with Crippen molar-refractivity contribution in [3.63, 3.8) is 0 Å². The van der Waals surface area contributed by atoms with E-state index < -0.39 is 0 Å². The van der Waals surface area contributed by atoms with Gasteiger partial charge in [-0.05, 0) is 38.3 Å². The van der Waals surface area contributed by atoms with Gasteiger partial charge in [0, 0.05) is 25.7 Å². The van der Waals surface area contributed by atoms with Crippen LogP contribution in [-0.2, 0) is 9.53 Å². The van der Waals surface area contributed by atoms with Gasteiger partial charge < -0.3 is 15.4 Å². The molecule has 2 heterocycles. The third-order valence-corrected chi connectivity index (χ3v) is 4.31. The molecule has 7 nitrogen and oxygen atoms in total. The number of methoxy groups -OCH3 is 1. The van der Waals surface area contributed by atoms with Crippen LogP contribution in [0, 0.1) is 0 Å². The Bertz CT molecular complexity index is 530. The van der Waals surface area contributed by atoms with E-state index in [1.807, 2.05) is 10.9 Å². The number of carbonyl (C=O) groups excluding carboxylic acids is 2. The molecular weight excluding hydrogens is 344 g/mol. The van der Waals surface area contributed by atoms with Crippen LogP contribution in [0.4, 0.5) is 0 Å². The van der Waals surface area contributed by atoms with Crippen LogP contribution in [0.3, 0.4) is 0 Å². The summed E-state index contributed by atoms with van der Waals surface area (Å²) in [5.74, 6) is -0.279. The average Bonchev–Trinajstić information content (AvgIpc) is 3.11. The van der Waals surface area contributed by atoms with E-state index in [0.717, 1.165) is 51.6 Å². The van der Waals surface area contributed by atoms with Crippen molar-refractivity contribution in [2.24, 2.45) is 0 Å². The number of nitrogens with zero attached hydrogens (tertiary/aromatic N) is 2. The van der Waals surface area contributed by atoms with Gasteiger partial charge in [-0.2, -0.15) is 5.10 Å². The number of piperidine rings is 1. The van der Waals surface area contributed by atoms with Crippen LogP contribution in [0.5, 0.6) is 0 Å². The predicted octanol–water partition coefficient (Wildman–Crippen LogP) is 2.08. The number of nitrogens with one attached hydrogen (secondary N) is 2. The minimum Gasteiger partial charge on any atom is -0.469 e. The monoisotopic (exact) mass is 372 g/mol. The highest BCUT2D eigenvalue weighted by atomic mass is 35.5. The summed E-state index contributed by atoms with van der Waals surface area (Å²) in [6, 6.07) is 2.12. The minimum atomic E-state index is -0.160. The second kappa shape index (κ2) is 11.9. The molecule has 2 rings (SSSR count). The maximum atomic E-state index is 12.1. The van der Waals surface area contributed by atoms with Crippen LogP contribution >= 0.6 is 12.4 Å². The summed E-state index contributed by atoms with van der Waals surface area (Å²) in [7, 11) is 1.41. The average molecular weight is 373 g/mol. The van der Waals surface area contributed by atoms with Crippen molar-refractivity contribution in [3.05, 3.63) is 18.0 Å². The molecule has 1 unspecified atom stereocenters. The number of rotatable bonds is 9. The molecule has 0 aliphatic carbocycles. The van der Waals surface area contributed by atoms with Crippen LogP contribution in [0.15, 0.2) is 12.3 Å². The summed E-state index contributed by atoms with van der Waals surface area (Å²) in [4.78, 5) is 23.1. The maximum absolute atomic E-state index is 12.1. The lowest BCUT2D eigenvalue weighted by molar-refractivity contribution is -0.140. The van der Waals surface area contributed by atoms with E-state index in [9.17, 15) is 9.59 Å². The van der Waals surface area contributed by atoms with E-state index in [0.29, 0.717) is 24.7 Å². The summed E-state index contributed by atoms with van der Waals surface area (Å²) in [5, 5.41) is 10.7. The van der Waals surface area contributed by atoms with Crippen LogP contribution < -0.4 is 10.6 Å². The zero-order chi connectivity index (χ0) is 17.2. The van der Waals surface area contributed by atoms with Crippen LogP contribution in [0.2, 0.25) is 0 Å². The van der Waals surface area contributed by atoms with Crippen molar-refractivity contribution >= 4 is 24.3 Å². The summed E-state index contributed by atoms with van der Waals surface area (Å²) in [6.07, 6.45) is 8.29. The number of halogens is 1. The zero-order valence-electron chi connectivity index (χ0n) is 14.8. The zero-order valence-corrected chi connectivity index (χ0v) is 15.6. The Morgan fingerprint density at radius 2 is 2.16 bits per heavy atom. The van der Waals surface area contributed by atoms with Crippen molar-refractivity contribution in [2.45, 2.75) is 51.0 Å². The van der Waals surface area contributed by atoms with Gasteiger partial charge in [0.2, 0.25) is 0 Å². The van der Waals surface area contributed by atoms with E-state index in [1.165, 1.54) is 7.11 Å². The van der Waals surface area contributed by atoms with Gasteiger partial charge in [0.05, 0.1) is 13.2 Å². The molecule has 0 radical (unpaired) electrons. The number of esters is 1. The lowest BCUT2D eigenvalue weighted by Gasteiger charge is -2.22. The number of amides is 1. The lowest BCUT2D eigenvalue weighted by atomic mass is 10.1. The molecule has 1 fully saturated rings. The summed E-state index contributed by atoms with van der Waals surface area (Å²) >= 11 is 0. The Kier molecular flexibility index (Phi) is 10.2. The molecule has 1 aliphatic heterocycles. The van der Waals surface area contributed by atoms with Gasteiger partial charge in [0.15, 0.2) is 0 Å². The van der Waals surface area contributed by atoms with E-state index >= 15 is 0 Å². The minimum absolute atomic E-state index is 0. The molecule has 2 N–H and O–H groups in total. The number of unbranched alkanes of at least 4 members (excludes halogenated alkanes) is 3. The summed E-state index contributed by atoms with van der Waals surface area (Å²) in [5.41, 5.74) is 0.478. The fourth-order valence-corrected chi connectivity index (χ4v) is 2.86. The standard InChI is InChI=1S/C17H28N4O3.ClH/c1-24-16(22)8-4-2-3-5-11-19-17(23)15-9-12-21(20-15)14-7-6-10-18-13-14;/h9,12,14,18H,2-8,10-11,13H2,1H3,(H,19,23);1H. The summed E-state index contributed by atoms with van der Waals surface area (Å²) < 4.78 is 6.49. The second-order valence-corrected chi connectivity index (χ2v) is 6.18. The fourth-order valence-electron chi connectivity index (χ4n) is 2.86. The van der Waals surface area contributed by atoms with Gasteiger partial charge in [0.25, 0.3) is 5.91 Å². The first kappa shape index (κ1) is 21.4. The number of hydrogen-bond donors (Lipinski definition) is 2. The van der Waals surface area contributed by atoms with Gasteiger partial charge in [-0.3, -0.25) is 14.3 Å². The fraction of sp³-hybridized carbons (Fsp3) is 0.706. The first-order valence-electron chi connectivity index (χ1n) is 8.81. The Labute approximate surface area is 155 Å². The quantitative estimate of drug-likeness (QED) is 0.512. The smallest absolute Gasteiger partial charge is 0.305 e. The van der Waals surface area contributed by atoms with Crippen molar-refractivity contribution in [3.8, 4) is 0 Å². The molecule has 1 amide bonds. The molecule has 0 aromatic carbocycles. The topological polar surface area (TPSA) is 85.2 Å². The van der Waals surface area contributed by atoms with Crippen LogP contribution in [-0.4, -0.2) is 48.4 Å². The number of aromatic nitrogens is 2. The normalized spacial score (nSPS) is 16.8. The first-order valence-corrected chi connectivity index (χ1v) is 8.81. The predicted molar refractivity (Wildman–Crippen MR) is 98.0 cm³/mol. The lowest BCUT2D eigenvalue weighted by Crippen LogP contribution is -2.32. The van der Waals surface area contributed by atoms with Gasteiger partial charge in [-0.25, -0.2) is 0 Å². The first-order chi connectivity index (χ1) is 11.7. The SMILES string of the molecule is COC(=O)CCCCCCNC(=O)c1ccn(C2CCCNC2)n1.Cl. The van der Waals surface area contributed by atoms with E-state index in [-0.39, 0.29) is 24.3 Å². The van der Waals surface area contributed by atoms with Crippen LogP contribution in [0.25, 0.3) is 0 Å². The van der Waals surface area contributed by atoms with Crippen molar-refractivity contribution < 1.29 is 14.3 Å². The Balaban J connectivity index is 0.00000312. The van der Waals surface area contributed by atoms with Crippen molar-refractivity contribution in [1.82, 2.24) is 20.4 Å². The van der Waals surface area contributed by atoms with Gasteiger partial charge in [-0.15, -0.1) is 12.4 Å². The number of carbonyl (C=O) groups is 2. The summed E-state index contributed by atoms with van der Waals surface area (Å²) in [6.45, 7) is 2.61. The van der Waals surface area contributed by atoms with E-state index in [2.05, 4.69) is 20.5 Å². The molecule has 0 spiro atoms. The molecule has 1 aromatic heterocycles. The Morgan fingerprint density at radius 3 is 2.88 bits per heavy atom. The van der Waals surface area contributed by atoms with Crippen molar-refractivity contribution in [1.29, 1.82) is 0 Å². The molecule has 1 aromatic rings. The largest absolute Gasteiger partial charge is 0.469 e. The van der Waals surface area contributed by atoms with Gasteiger partial charge in [0.1, 0.15) is 5.69 Å². The van der Waals surface area contributed by atoms with Crippen molar-refractivity contribution in [2.75, 3.05) is 26.7 Å². The molecular formula is C17H29ClN4O3. The highest BCUT2D eigenvalue weighted by molar-refractivity contribution is 5.92. The maximum Gasteiger partial charge on any atom is 0.305 e. The van der Waals surface area contributed by atoms with E-state index in [4.69, 9.17) is 0 Å². The Hall–Kier alpha value is -1.60. The highest BCUT2D eigenvalue weighted by Crippen LogP contribution is 2.15. The third kappa shape index (κ3) is 7.44. The van der Waals surface area contributed by atoms with E-state index in [1.54, 1.807) is 6.07 Å². The second-order valence-electron chi connectivity index (χ2n) is 6.18. The number of hydrogen-bond acceptors (Lipinski definition) is 5. The number of ether oxygens (including phenoxy) is 1.